The Morgan fingerprint density at radius 1 is 1.32 bits per heavy atom. The minimum absolute atomic E-state index is 0.169. The number of sulfone groups is 1. The third kappa shape index (κ3) is 2.96. The van der Waals surface area contributed by atoms with Crippen molar-refractivity contribution in [1.29, 1.82) is 0 Å². The molecule has 6 heteroatoms. The molecule has 4 unspecified atom stereocenters. The van der Waals surface area contributed by atoms with Crippen molar-refractivity contribution in [2.45, 2.75) is 55.4 Å². The highest BCUT2D eigenvalue weighted by atomic mass is 32.2. The van der Waals surface area contributed by atoms with E-state index < -0.39 is 15.4 Å². The lowest BCUT2D eigenvalue weighted by Gasteiger charge is -2.38. The van der Waals surface area contributed by atoms with Gasteiger partial charge in [-0.1, -0.05) is 12.8 Å². The van der Waals surface area contributed by atoms with E-state index in [4.69, 9.17) is 5.73 Å². The molecule has 4 N–H and O–H groups in total. The smallest absolute Gasteiger partial charge is 0.152 e. The van der Waals surface area contributed by atoms with Crippen molar-refractivity contribution in [3.63, 3.8) is 0 Å². The minimum Gasteiger partial charge on any atom is -0.396 e. The first kappa shape index (κ1) is 15.2. The highest BCUT2D eigenvalue weighted by Crippen LogP contribution is 2.37. The minimum atomic E-state index is -3.09. The second-order valence-electron chi connectivity index (χ2n) is 6.20. The third-order valence-corrected chi connectivity index (χ3v) is 6.67. The Balaban J connectivity index is 2.18. The van der Waals surface area contributed by atoms with Gasteiger partial charge in [-0.2, -0.15) is 0 Å². The van der Waals surface area contributed by atoms with Crippen LogP contribution in [0.1, 0.15) is 38.5 Å². The average Bonchev–Trinajstić information content (AvgIpc) is 2.95. The Kier molecular flexibility index (Phi) is 4.55. The SMILES string of the molecule is CS(=O)(=O)C1CCCC1(CN)NC1CCCC1CO. The van der Waals surface area contributed by atoms with Crippen molar-refractivity contribution >= 4 is 9.84 Å². The van der Waals surface area contributed by atoms with Crippen LogP contribution in [-0.2, 0) is 9.84 Å². The van der Waals surface area contributed by atoms with E-state index in [2.05, 4.69) is 5.32 Å². The fourth-order valence-electron chi connectivity index (χ4n) is 3.94. The van der Waals surface area contributed by atoms with Crippen molar-refractivity contribution in [2.75, 3.05) is 19.4 Å². The van der Waals surface area contributed by atoms with E-state index in [0.29, 0.717) is 13.0 Å². The van der Waals surface area contributed by atoms with E-state index >= 15 is 0 Å². The number of rotatable bonds is 5. The van der Waals surface area contributed by atoms with E-state index in [-0.39, 0.29) is 23.8 Å². The van der Waals surface area contributed by atoms with Gasteiger partial charge in [0.25, 0.3) is 0 Å². The van der Waals surface area contributed by atoms with Crippen LogP contribution in [0.3, 0.4) is 0 Å². The molecule has 2 aliphatic carbocycles. The van der Waals surface area contributed by atoms with Gasteiger partial charge in [-0.15, -0.1) is 0 Å². The molecule has 2 fully saturated rings. The van der Waals surface area contributed by atoms with Crippen molar-refractivity contribution in [1.82, 2.24) is 5.32 Å². The standard InChI is InChI=1S/C13H26N2O3S/c1-19(17,18)12-6-3-7-13(12,9-14)15-11-5-2-4-10(11)8-16/h10-12,15-16H,2-9,14H2,1H3. The van der Waals surface area contributed by atoms with Gasteiger partial charge in [0.15, 0.2) is 9.84 Å². The zero-order chi connectivity index (χ0) is 14.1. The molecule has 0 heterocycles. The van der Waals surface area contributed by atoms with Crippen molar-refractivity contribution < 1.29 is 13.5 Å². The van der Waals surface area contributed by atoms with Gasteiger partial charge >= 0.3 is 0 Å². The molecule has 2 saturated carbocycles. The molecule has 0 saturated heterocycles. The lowest BCUT2D eigenvalue weighted by Crippen LogP contribution is -2.62. The first-order valence-electron chi connectivity index (χ1n) is 7.20. The zero-order valence-electron chi connectivity index (χ0n) is 11.6. The Bertz CT molecular complexity index is 412. The molecule has 0 amide bonds. The summed E-state index contributed by atoms with van der Waals surface area (Å²) in [5.41, 5.74) is 5.44. The predicted octanol–water partition coefficient (Wildman–Crippen LogP) is 0.0316. The maximum atomic E-state index is 12.0. The van der Waals surface area contributed by atoms with Crippen LogP contribution in [0.25, 0.3) is 0 Å². The molecule has 2 rings (SSSR count). The number of nitrogens with one attached hydrogen (secondary N) is 1. The fraction of sp³-hybridized carbons (Fsp3) is 1.00. The number of nitrogens with two attached hydrogens (primary N) is 1. The third-order valence-electron chi connectivity index (χ3n) is 4.95. The molecular weight excluding hydrogens is 264 g/mol. The van der Waals surface area contributed by atoms with Gasteiger partial charge in [0, 0.05) is 31.0 Å². The summed E-state index contributed by atoms with van der Waals surface area (Å²) in [5, 5.41) is 12.6. The van der Waals surface area contributed by atoms with Crippen LogP contribution in [0.15, 0.2) is 0 Å². The van der Waals surface area contributed by atoms with E-state index in [1.54, 1.807) is 0 Å². The molecule has 0 spiro atoms. The average molecular weight is 290 g/mol. The van der Waals surface area contributed by atoms with Crippen LogP contribution < -0.4 is 11.1 Å². The number of aliphatic hydroxyl groups excluding tert-OH is 1. The molecule has 112 valence electrons. The quantitative estimate of drug-likeness (QED) is 0.664. The lowest BCUT2D eigenvalue weighted by molar-refractivity contribution is 0.181. The largest absolute Gasteiger partial charge is 0.396 e. The summed E-state index contributed by atoms with van der Waals surface area (Å²) in [4.78, 5) is 0. The lowest BCUT2D eigenvalue weighted by atomic mass is 9.93. The molecule has 0 aromatic heterocycles. The zero-order valence-corrected chi connectivity index (χ0v) is 12.5. The summed E-state index contributed by atoms with van der Waals surface area (Å²) in [6.45, 7) is 0.515. The number of aliphatic hydroxyl groups is 1. The van der Waals surface area contributed by atoms with Crippen molar-refractivity contribution in [2.24, 2.45) is 11.7 Å². The molecule has 0 bridgehead atoms. The van der Waals surface area contributed by atoms with Crippen LogP contribution in [0.2, 0.25) is 0 Å². The highest BCUT2D eigenvalue weighted by molar-refractivity contribution is 7.91. The van der Waals surface area contributed by atoms with E-state index in [1.165, 1.54) is 6.26 Å². The van der Waals surface area contributed by atoms with Crippen LogP contribution in [-0.4, -0.2) is 49.8 Å². The monoisotopic (exact) mass is 290 g/mol. The van der Waals surface area contributed by atoms with Crippen LogP contribution in [0.4, 0.5) is 0 Å². The van der Waals surface area contributed by atoms with Crippen LogP contribution >= 0.6 is 0 Å². The molecule has 0 aliphatic heterocycles. The fourth-order valence-corrected chi connectivity index (χ4v) is 5.63. The van der Waals surface area contributed by atoms with E-state index in [1.807, 2.05) is 0 Å². The molecule has 0 radical (unpaired) electrons. The maximum absolute atomic E-state index is 12.0. The molecule has 19 heavy (non-hydrogen) atoms. The summed E-state index contributed by atoms with van der Waals surface area (Å²) < 4.78 is 24.0. The normalized spacial score (nSPS) is 39.8. The molecule has 2 aliphatic rings. The second kappa shape index (κ2) is 5.68. The Morgan fingerprint density at radius 2 is 2.05 bits per heavy atom. The highest BCUT2D eigenvalue weighted by Gasteiger charge is 2.49. The van der Waals surface area contributed by atoms with Gasteiger partial charge in [0.1, 0.15) is 0 Å². The maximum Gasteiger partial charge on any atom is 0.152 e. The first-order valence-corrected chi connectivity index (χ1v) is 9.16. The molecule has 0 aromatic rings. The van der Waals surface area contributed by atoms with Crippen molar-refractivity contribution in [3.05, 3.63) is 0 Å². The van der Waals surface area contributed by atoms with Gasteiger partial charge in [0.05, 0.1) is 5.25 Å². The summed E-state index contributed by atoms with van der Waals surface area (Å²) in [6.07, 6.45) is 6.83. The van der Waals surface area contributed by atoms with Crippen LogP contribution in [0, 0.1) is 5.92 Å². The summed E-state index contributed by atoms with van der Waals surface area (Å²) in [6, 6.07) is 0.205. The summed E-state index contributed by atoms with van der Waals surface area (Å²) >= 11 is 0. The summed E-state index contributed by atoms with van der Waals surface area (Å²) in [7, 11) is -3.09. The van der Waals surface area contributed by atoms with Crippen molar-refractivity contribution in [3.8, 4) is 0 Å². The Hall–Kier alpha value is -0.170. The van der Waals surface area contributed by atoms with Gasteiger partial charge in [-0.25, -0.2) is 8.42 Å². The second-order valence-corrected chi connectivity index (χ2v) is 8.42. The topological polar surface area (TPSA) is 92.4 Å². The van der Waals surface area contributed by atoms with Gasteiger partial charge < -0.3 is 16.2 Å². The van der Waals surface area contributed by atoms with Crippen LogP contribution in [0.5, 0.6) is 0 Å². The number of hydrogen-bond acceptors (Lipinski definition) is 5. The van der Waals surface area contributed by atoms with Gasteiger partial charge in [-0.05, 0) is 31.6 Å². The molecule has 4 atom stereocenters. The molecular formula is C13H26N2O3S. The van der Waals surface area contributed by atoms with Gasteiger partial charge in [0.2, 0.25) is 0 Å². The Morgan fingerprint density at radius 3 is 2.63 bits per heavy atom. The van der Waals surface area contributed by atoms with Gasteiger partial charge in [-0.3, -0.25) is 0 Å². The predicted molar refractivity (Wildman–Crippen MR) is 75.6 cm³/mol. The summed E-state index contributed by atoms with van der Waals surface area (Å²) in [5.74, 6) is 0.240. The first-order chi connectivity index (χ1) is 8.93. The van der Waals surface area contributed by atoms with E-state index in [0.717, 1.165) is 32.1 Å². The number of hydrogen-bond donors (Lipinski definition) is 3. The van der Waals surface area contributed by atoms with E-state index in [9.17, 15) is 13.5 Å². The Labute approximate surface area is 115 Å². The molecule has 5 nitrogen and oxygen atoms in total. The molecule has 0 aromatic carbocycles.